The van der Waals surface area contributed by atoms with E-state index in [0.29, 0.717) is 0 Å². The van der Waals surface area contributed by atoms with Crippen LogP contribution in [0.3, 0.4) is 0 Å². The van der Waals surface area contributed by atoms with Crippen molar-refractivity contribution in [2.24, 2.45) is 0 Å². The molecule has 0 saturated heterocycles. The second-order valence-electron chi connectivity index (χ2n) is 3.35. The minimum absolute atomic E-state index is 0.747. The number of nitrogens with zero attached hydrogens (tertiary/aromatic N) is 2. The van der Waals surface area contributed by atoms with E-state index in [1.165, 1.54) is 0 Å². The standard InChI is InChI=1S/C12H12ClN3S/c1-14-11-6-7-15-12(16-11)8-17-10-4-2-9(13)3-5-10/h2-7H,8H2,1H3,(H,14,15,16). The van der Waals surface area contributed by atoms with Gasteiger partial charge in [-0.25, -0.2) is 9.97 Å². The van der Waals surface area contributed by atoms with Crippen LogP contribution in [0.1, 0.15) is 5.82 Å². The molecule has 3 nitrogen and oxygen atoms in total. The maximum absolute atomic E-state index is 5.83. The van der Waals surface area contributed by atoms with Gasteiger partial charge in [-0.3, -0.25) is 0 Å². The highest BCUT2D eigenvalue weighted by Gasteiger charge is 2.00. The normalized spacial score (nSPS) is 10.2. The molecule has 5 heteroatoms. The molecule has 0 spiro atoms. The zero-order valence-electron chi connectivity index (χ0n) is 9.35. The molecule has 0 aliphatic carbocycles. The molecule has 1 aromatic carbocycles. The first-order valence-corrected chi connectivity index (χ1v) is 6.52. The van der Waals surface area contributed by atoms with Gasteiger partial charge in [0.25, 0.3) is 0 Å². The monoisotopic (exact) mass is 265 g/mol. The van der Waals surface area contributed by atoms with Gasteiger partial charge in [-0.05, 0) is 30.3 Å². The Bertz CT molecular complexity index is 487. The zero-order chi connectivity index (χ0) is 12.1. The number of benzene rings is 1. The molecule has 2 aromatic rings. The van der Waals surface area contributed by atoms with Crippen LogP contribution in [0.25, 0.3) is 0 Å². The van der Waals surface area contributed by atoms with Crippen LogP contribution in [0.5, 0.6) is 0 Å². The van der Waals surface area contributed by atoms with E-state index in [9.17, 15) is 0 Å². The van der Waals surface area contributed by atoms with Crippen molar-refractivity contribution in [3.05, 3.63) is 47.4 Å². The molecule has 2 rings (SSSR count). The van der Waals surface area contributed by atoms with Gasteiger partial charge in [0.1, 0.15) is 11.6 Å². The number of halogens is 1. The Morgan fingerprint density at radius 3 is 2.71 bits per heavy atom. The topological polar surface area (TPSA) is 37.8 Å². The summed E-state index contributed by atoms with van der Waals surface area (Å²) < 4.78 is 0. The molecular weight excluding hydrogens is 254 g/mol. The van der Waals surface area contributed by atoms with Gasteiger partial charge in [0, 0.05) is 23.2 Å². The third kappa shape index (κ3) is 3.61. The Labute approximate surface area is 110 Å². The molecule has 17 heavy (non-hydrogen) atoms. The van der Waals surface area contributed by atoms with Crippen LogP contribution < -0.4 is 5.32 Å². The molecule has 0 aliphatic rings. The van der Waals surface area contributed by atoms with Gasteiger partial charge >= 0.3 is 0 Å². The summed E-state index contributed by atoms with van der Waals surface area (Å²) in [6, 6.07) is 9.60. The van der Waals surface area contributed by atoms with Crippen LogP contribution in [-0.2, 0) is 5.75 Å². The average molecular weight is 266 g/mol. The predicted octanol–water partition coefficient (Wildman–Crippen LogP) is 3.46. The molecule has 0 bridgehead atoms. The molecule has 0 saturated carbocycles. The Morgan fingerprint density at radius 2 is 2.00 bits per heavy atom. The summed E-state index contributed by atoms with van der Waals surface area (Å²) in [5.41, 5.74) is 0. The number of thioether (sulfide) groups is 1. The lowest BCUT2D eigenvalue weighted by atomic mass is 10.4. The fraction of sp³-hybridized carbons (Fsp3) is 0.167. The first kappa shape index (κ1) is 12.2. The molecule has 1 aromatic heterocycles. The van der Waals surface area contributed by atoms with Crippen molar-refractivity contribution in [1.29, 1.82) is 0 Å². The van der Waals surface area contributed by atoms with Crippen molar-refractivity contribution in [3.8, 4) is 0 Å². The van der Waals surface area contributed by atoms with Crippen molar-refractivity contribution in [2.75, 3.05) is 12.4 Å². The van der Waals surface area contributed by atoms with Gasteiger partial charge in [0.15, 0.2) is 0 Å². The Balaban J connectivity index is 1.99. The van der Waals surface area contributed by atoms with E-state index in [1.807, 2.05) is 37.4 Å². The van der Waals surface area contributed by atoms with Crippen LogP contribution in [-0.4, -0.2) is 17.0 Å². The van der Waals surface area contributed by atoms with Crippen LogP contribution >= 0.6 is 23.4 Å². The summed E-state index contributed by atoms with van der Waals surface area (Å²) >= 11 is 7.52. The largest absolute Gasteiger partial charge is 0.373 e. The molecule has 1 heterocycles. The predicted molar refractivity (Wildman–Crippen MR) is 72.6 cm³/mol. The molecule has 0 atom stereocenters. The summed E-state index contributed by atoms with van der Waals surface area (Å²) in [6.07, 6.45) is 1.76. The van der Waals surface area contributed by atoms with Gasteiger partial charge in [-0.15, -0.1) is 11.8 Å². The molecule has 88 valence electrons. The number of nitrogens with one attached hydrogen (secondary N) is 1. The van der Waals surface area contributed by atoms with Gasteiger partial charge in [0.2, 0.25) is 0 Å². The molecule has 0 amide bonds. The summed E-state index contributed by atoms with van der Waals surface area (Å²) in [7, 11) is 1.85. The molecule has 0 fully saturated rings. The number of aromatic nitrogens is 2. The number of hydrogen-bond acceptors (Lipinski definition) is 4. The fourth-order valence-electron chi connectivity index (χ4n) is 1.29. The summed E-state index contributed by atoms with van der Waals surface area (Å²) in [6.45, 7) is 0. The van der Waals surface area contributed by atoms with E-state index in [0.717, 1.165) is 27.3 Å². The van der Waals surface area contributed by atoms with Crippen molar-refractivity contribution < 1.29 is 0 Å². The van der Waals surface area contributed by atoms with Crippen LogP contribution in [0, 0.1) is 0 Å². The average Bonchev–Trinajstić information content (AvgIpc) is 2.38. The molecule has 0 unspecified atom stereocenters. The van der Waals surface area contributed by atoms with Crippen molar-refractivity contribution in [3.63, 3.8) is 0 Å². The van der Waals surface area contributed by atoms with Crippen molar-refractivity contribution in [2.45, 2.75) is 10.6 Å². The lowest BCUT2D eigenvalue weighted by molar-refractivity contribution is 1.03. The van der Waals surface area contributed by atoms with Crippen LogP contribution in [0.4, 0.5) is 5.82 Å². The Morgan fingerprint density at radius 1 is 1.24 bits per heavy atom. The Kier molecular flexibility index (Phi) is 4.23. The van der Waals surface area contributed by atoms with E-state index in [2.05, 4.69) is 15.3 Å². The summed E-state index contributed by atoms with van der Waals surface area (Å²) in [5, 5.41) is 3.75. The first-order chi connectivity index (χ1) is 8.28. The number of hydrogen-bond donors (Lipinski definition) is 1. The highest BCUT2D eigenvalue weighted by atomic mass is 35.5. The lowest BCUT2D eigenvalue weighted by Crippen LogP contribution is -1.97. The number of anilines is 1. The second-order valence-corrected chi connectivity index (χ2v) is 4.84. The van der Waals surface area contributed by atoms with E-state index >= 15 is 0 Å². The van der Waals surface area contributed by atoms with Gasteiger partial charge in [-0.1, -0.05) is 11.6 Å². The van der Waals surface area contributed by atoms with Gasteiger partial charge in [-0.2, -0.15) is 0 Å². The first-order valence-electron chi connectivity index (χ1n) is 5.16. The van der Waals surface area contributed by atoms with Crippen molar-refractivity contribution in [1.82, 2.24) is 9.97 Å². The maximum atomic E-state index is 5.83. The summed E-state index contributed by atoms with van der Waals surface area (Å²) in [5.74, 6) is 2.40. The van der Waals surface area contributed by atoms with E-state index < -0.39 is 0 Å². The van der Waals surface area contributed by atoms with E-state index in [-0.39, 0.29) is 0 Å². The zero-order valence-corrected chi connectivity index (χ0v) is 10.9. The highest BCUT2D eigenvalue weighted by Crippen LogP contribution is 2.23. The third-order valence-corrected chi connectivity index (χ3v) is 3.40. The van der Waals surface area contributed by atoms with Crippen LogP contribution in [0.2, 0.25) is 5.02 Å². The highest BCUT2D eigenvalue weighted by molar-refractivity contribution is 7.98. The molecule has 0 aliphatic heterocycles. The lowest BCUT2D eigenvalue weighted by Gasteiger charge is -2.03. The third-order valence-electron chi connectivity index (χ3n) is 2.14. The Hall–Kier alpha value is -1.26. The minimum atomic E-state index is 0.747. The summed E-state index contributed by atoms with van der Waals surface area (Å²) in [4.78, 5) is 9.74. The second kappa shape index (κ2) is 5.89. The minimum Gasteiger partial charge on any atom is -0.373 e. The van der Waals surface area contributed by atoms with E-state index in [4.69, 9.17) is 11.6 Å². The quantitative estimate of drug-likeness (QED) is 0.859. The molecule has 1 N–H and O–H groups in total. The van der Waals surface area contributed by atoms with Gasteiger partial charge in [0.05, 0.1) is 5.75 Å². The molecule has 0 radical (unpaired) electrons. The van der Waals surface area contributed by atoms with E-state index in [1.54, 1.807) is 18.0 Å². The smallest absolute Gasteiger partial charge is 0.140 e. The molecular formula is C12H12ClN3S. The van der Waals surface area contributed by atoms with Crippen LogP contribution in [0.15, 0.2) is 41.4 Å². The number of rotatable bonds is 4. The maximum Gasteiger partial charge on any atom is 0.140 e. The van der Waals surface area contributed by atoms with Crippen molar-refractivity contribution >= 4 is 29.2 Å². The van der Waals surface area contributed by atoms with Gasteiger partial charge < -0.3 is 5.32 Å². The fourth-order valence-corrected chi connectivity index (χ4v) is 2.18. The SMILES string of the molecule is CNc1ccnc(CSc2ccc(Cl)cc2)n1.